The molecule has 0 radical (unpaired) electrons. The average Bonchev–Trinajstić information content (AvgIpc) is 2.58. The summed E-state index contributed by atoms with van der Waals surface area (Å²) in [4.78, 5) is 20.3. The van der Waals surface area contributed by atoms with E-state index in [1.807, 2.05) is 6.07 Å². The first kappa shape index (κ1) is 15.8. The number of aromatic nitrogens is 1. The van der Waals surface area contributed by atoms with Crippen molar-refractivity contribution in [3.8, 4) is 12.3 Å². The second-order valence-electron chi connectivity index (χ2n) is 8.23. The van der Waals surface area contributed by atoms with E-state index in [0.717, 1.165) is 42.8 Å². The Kier molecular flexibility index (Phi) is 3.53. The maximum atomic E-state index is 12.6. The Bertz CT molecular complexity index is 950. The largest absolute Gasteiger partial charge is 0.371 e. The maximum absolute atomic E-state index is 12.6. The summed E-state index contributed by atoms with van der Waals surface area (Å²) < 4.78 is 0. The second kappa shape index (κ2) is 5.81. The third-order valence-corrected chi connectivity index (χ3v) is 6.89. The van der Waals surface area contributed by atoms with E-state index in [9.17, 15) is 4.79 Å². The highest BCUT2D eigenvalue weighted by Gasteiger charge is 2.40. The summed E-state index contributed by atoms with van der Waals surface area (Å²) in [6.45, 7) is 4.22. The zero-order valence-electron chi connectivity index (χ0n) is 15.2. The van der Waals surface area contributed by atoms with E-state index < -0.39 is 0 Å². The number of benzene rings is 1. The minimum absolute atomic E-state index is 0.143. The molecule has 3 aliphatic rings. The van der Waals surface area contributed by atoms with Gasteiger partial charge in [-0.05, 0) is 55.7 Å². The van der Waals surface area contributed by atoms with Crippen LogP contribution in [-0.4, -0.2) is 31.2 Å². The Morgan fingerprint density at radius 1 is 1.00 bits per heavy atom. The molecule has 1 spiro atoms. The number of nitrogens with zero attached hydrogens (tertiary/aromatic N) is 2. The molecule has 2 aromatic rings. The van der Waals surface area contributed by atoms with E-state index >= 15 is 0 Å². The summed E-state index contributed by atoms with van der Waals surface area (Å²) in [5, 5.41) is 1.09. The molecule has 5 rings (SSSR count). The number of hydrogen-bond donors (Lipinski definition) is 1. The van der Waals surface area contributed by atoms with E-state index in [4.69, 9.17) is 6.42 Å². The molecule has 1 saturated carbocycles. The number of anilines is 2. The average molecular weight is 347 g/mol. The molecule has 0 bridgehead atoms. The Labute approximate surface area is 154 Å². The number of H-pyrrole nitrogens is 1. The number of rotatable bonds is 2. The SMILES string of the molecule is C#Cc1c(N2CCC3(CCC3)CC2)c2cc(N3CCC3)ccc2[nH]c1=O. The second-order valence-corrected chi connectivity index (χ2v) is 8.23. The van der Waals surface area contributed by atoms with Crippen molar-refractivity contribution >= 4 is 22.3 Å². The van der Waals surface area contributed by atoms with Crippen LogP contribution in [-0.2, 0) is 0 Å². The topological polar surface area (TPSA) is 39.3 Å². The molecule has 2 saturated heterocycles. The summed E-state index contributed by atoms with van der Waals surface area (Å²) in [6.07, 6.45) is 13.6. The van der Waals surface area contributed by atoms with Gasteiger partial charge in [0.05, 0.1) is 11.2 Å². The predicted octanol–water partition coefficient (Wildman–Crippen LogP) is 3.49. The number of pyridine rings is 1. The van der Waals surface area contributed by atoms with Crippen molar-refractivity contribution in [1.29, 1.82) is 0 Å². The molecule has 1 aromatic heterocycles. The van der Waals surface area contributed by atoms with Crippen LogP contribution in [0.15, 0.2) is 23.0 Å². The van der Waals surface area contributed by atoms with Gasteiger partial charge in [-0.15, -0.1) is 6.42 Å². The zero-order chi connectivity index (χ0) is 17.7. The van der Waals surface area contributed by atoms with Gasteiger partial charge in [-0.3, -0.25) is 4.79 Å². The summed E-state index contributed by atoms with van der Waals surface area (Å²) in [7, 11) is 0. The Morgan fingerprint density at radius 2 is 1.77 bits per heavy atom. The quantitative estimate of drug-likeness (QED) is 0.846. The minimum Gasteiger partial charge on any atom is -0.371 e. The highest BCUT2D eigenvalue weighted by molar-refractivity contribution is 5.96. The van der Waals surface area contributed by atoms with Gasteiger partial charge in [-0.1, -0.05) is 12.3 Å². The highest BCUT2D eigenvalue weighted by Crippen LogP contribution is 2.49. The van der Waals surface area contributed by atoms with E-state index in [0.29, 0.717) is 11.0 Å². The molecule has 4 heteroatoms. The van der Waals surface area contributed by atoms with Crippen molar-refractivity contribution in [1.82, 2.24) is 4.98 Å². The number of nitrogens with one attached hydrogen (secondary N) is 1. The van der Waals surface area contributed by atoms with Gasteiger partial charge in [0.25, 0.3) is 5.56 Å². The van der Waals surface area contributed by atoms with Crippen LogP contribution in [0.2, 0.25) is 0 Å². The molecule has 26 heavy (non-hydrogen) atoms. The van der Waals surface area contributed by atoms with Gasteiger partial charge in [0, 0.05) is 37.3 Å². The first-order chi connectivity index (χ1) is 12.7. The molecule has 134 valence electrons. The molecule has 3 heterocycles. The standard InChI is InChI=1S/C22H25N3O/c1-2-17-20(25-13-9-22(10-14-25)7-3-8-22)18-15-16(24-11-4-12-24)5-6-19(18)23-21(17)26/h1,5-6,15H,3-4,7-14H2,(H,23,26). The fourth-order valence-corrected chi connectivity index (χ4v) is 4.88. The number of hydrogen-bond acceptors (Lipinski definition) is 3. The number of terminal acetylenes is 1. The van der Waals surface area contributed by atoms with Gasteiger partial charge in [0.1, 0.15) is 5.56 Å². The molecule has 1 aromatic carbocycles. The van der Waals surface area contributed by atoms with Gasteiger partial charge < -0.3 is 14.8 Å². The van der Waals surface area contributed by atoms with E-state index in [-0.39, 0.29) is 5.56 Å². The molecule has 3 fully saturated rings. The number of piperidine rings is 1. The minimum atomic E-state index is -0.143. The number of aromatic amines is 1. The van der Waals surface area contributed by atoms with Crippen LogP contribution in [0, 0.1) is 17.8 Å². The predicted molar refractivity (Wildman–Crippen MR) is 107 cm³/mol. The van der Waals surface area contributed by atoms with Gasteiger partial charge in [-0.25, -0.2) is 0 Å². The number of fused-ring (bicyclic) bond motifs is 1. The molecule has 4 nitrogen and oxygen atoms in total. The fourth-order valence-electron chi connectivity index (χ4n) is 4.88. The van der Waals surface area contributed by atoms with Crippen molar-refractivity contribution in [3.05, 3.63) is 34.1 Å². The third-order valence-electron chi connectivity index (χ3n) is 6.89. The lowest BCUT2D eigenvalue weighted by Crippen LogP contribution is -2.44. The van der Waals surface area contributed by atoms with Crippen molar-refractivity contribution in [2.45, 2.75) is 38.5 Å². The molecule has 0 unspecified atom stereocenters. The van der Waals surface area contributed by atoms with Gasteiger partial charge in [-0.2, -0.15) is 0 Å². The lowest BCUT2D eigenvalue weighted by atomic mass is 9.63. The van der Waals surface area contributed by atoms with Crippen LogP contribution in [0.25, 0.3) is 10.9 Å². The fraction of sp³-hybridized carbons (Fsp3) is 0.500. The molecular weight excluding hydrogens is 322 g/mol. The Balaban J connectivity index is 1.61. The molecular formula is C22H25N3O. The van der Waals surface area contributed by atoms with Crippen molar-refractivity contribution in [3.63, 3.8) is 0 Å². The van der Waals surface area contributed by atoms with Crippen LogP contribution in [0.1, 0.15) is 44.1 Å². The van der Waals surface area contributed by atoms with Crippen LogP contribution >= 0.6 is 0 Å². The van der Waals surface area contributed by atoms with E-state index in [1.165, 1.54) is 44.2 Å². The monoisotopic (exact) mass is 347 g/mol. The van der Waals surface area contributed by atoms with E-state index in [2.05, 4.69) is 32.8 Å². The van der Waals surface area contributed by atoms with Crippen molar-refractivity contribution in [2.24, 2.45) is 5.41 Å². The van der Waals surface area contributed by atoms with Crippen molar-refractivity contribution < 1.29 is 0 Å². The van der Waals surface area contributed by atoms with Gasteiger partial charge in [0.2, 0.25) is 0 Å². The lowest BCUT2D eigenvalue weighted by molar-refractivity contribution is 0.0956. The summed E-state index contributed by atoms with van der Waals surface area (Å²) in [5.41, 5.74) is 4.01. The first-order valence-corrected chi connectivity index (χ1v) is 9.86. The van der Waals surface area contributed by atoms with Crippen LogP contribution < -0.4 is 15.4 Å². The third kappa shape index (κ3) is 2.34. The Hall–Kier alpha value is -2.41. The molecule has 0 atom stereocenters. The highest BCUT2D eigenvalue weighted by atomic mass is 16.1. The van der Waals surface area contributed by atoms with E-state index in [1.54, 1.807) is 0 Å². The maximum Gasteiger partial charge on any atom is 0.266 e. The van der Waals surface area contributed by atoms with Gasteiger partial charge in [0.15, 0.2) is 0 Å². The first-order valence-electron chi connectivity index (χ1n) is 9.86. The molecule has 2 aliphatic heterocycles. The van der Waals surface area contributed by atoms with Crippen LogP contribution in [0.5, 0.6) is 0 Å². The van der Waals surface area contributed by atoms with Crippen LogP contribution in [0.3, 0.4) is 0 Å². The molecule has 1 N–H and O–H groups in total. The Morgan fingerprint density at radius 3 is 2.35 bits per heavy atom. The van der Waals surface area contributed by atoms with Gasteiger partial charge >= 0.3 is 0 Å². The zero-order valence-corrected chi connectivity index (χ0v) is 15.2. The van der Waals surface area contributed by atoms with Crippen molar-refractivity contribution in [2.75, 3.05) is 36.0 Å². The normalized spacial score (nSPS) is 21.3. The molecule has 1 aliphatic carbocycles. The smallest absolute Gasteiger partial charge is 0.266 e. The molecule has 0 amide bonds. The summed E-state index contributed by atoms with van der Waals surface area (Å²) >= 11 is 0. The lowest BCUT2D eigenvalue weighted by Gasteiger charge is -2.48. The summed E-state index contributed by atoms with van der Waals surface area (Å²) in [5.74, 6) is 2.68. The summed E-state index contributed by atoms with van der Waals surface area (Å²) in [6, 6.07) is 6.36. The van der Waals surface area contributed by atoms with Crippen LogP contribution in [0.4, 0.5) is 11.4 Å².